The summed E-state index contributed by atoms with van der Waals surface area (Å²) in [4.78, 5) is 68.3. The van der Waals surface area contributed by atoms with Crippen molar-refractivity contribution in [2.75, 3.05) is 40.4 Å². The van der Waals surface area contributed by atoms with Gasteiger partial charge in [-0.05, 0) is 35.1 Å². The molecule has 1 N–H and O–H groups in total. The molecule has 0 bridgehead atoms. The normalized spacial score (nSPS) is 16.9. The molecule has 2 atom stereocenters. The Morgan fingerprint density at radius 3 is 2.25 bits per heavy atom. The highest BCUT2D eigenvalue weighted by Gasteiger charge is 2.40. The van der Waals surface area contributed by atoms with Crippen LogP contribution < -0.4 is 0 Å². The van der Waals surface area contributed by atoms with E-state index in [-0.39, 0.29) is 25.7 Å². The van der Waals surface area contributed by atoms with Crippen molar-refractivity contribution in [1.82, 2.24) is 14.7 Å². The van der Waals surface area contributed by atoms with E-state index >= 15 is 0 Å². The number of esters is 1. The summed E-state index contributed by atoms with van der Waals surface area (Å²) in [5, 5.41) is 9.24. The quantitative estimate of drug-likeness (QED) is 0.303. The monoisotopic (exact) mass is 605 g/mol. The van der Waals surface area contributed by atoms with Gasteiger partial charge < -0.3 is 24.4 Å². The van der Waals surface area contributed by atoms with Crippen LogP contribution in [-0.2, 0) is 28.7 Å². The third-order valence-electron chi connectivity index (χ3n) is 8.17. The van der Waals surface area contributed by atoms with Gasteiger partial charge >= 0.3 is 18.0 Å². The number of benzene rings is 2. The molecule has 11 heteroatoms. The number of nitrogens with zero attached hydrogens (tertiary/aromatic N) is 3. The Bertz CT molecular complexity index is 1360. The van der Waals surface area contributed by atoms with E-state index in [1.54, 1.807) is 0 Å². The summed E-state index contributed by atoms with van der Waals surface area (Å²) in [7, 11) is 2.79. The minimum absolute atomic E-state index is 0.0776. The zero-order valence-corrected chi connectivity index (χ0v) is 25.1. The molecule has 2 aliphatic rings. The molecule has 2 aromatic carbocycles. The van der Waals surface area contributed by atoms with Crippen LogP contribution in [0.15, 0.2) is 61.2 Å². The van der Waals surface area contributed by atoms with Gasteiger partial charge in [-0.25, -0.2) is 4.79 Å². The van der Waals surface area contributed by atoms with Crippen LogP contribution in [-0.4, -0.2) is 102 Å². The van der Waals surface area contributed by atoms with Gasteiger partial charge in [0.25, 0.3) is 0 Å². The zero-order chi connectivity index (χ0) is 31.8. The van der Waals surface area contributed by atoms with E-state index in [4.69, 9.17) is 9.47 Å². The molecule has 234 valence electrons. The molecule has 0 saturated carbocycles. The van der Waals surface area contributed by atoms with Crippen molar-refractivity contribution in [3.63, 3.8) is 0 Å². The van der Waals surface area contributed by atoms with Crippen molar-refractivity contribution < 1.29 is 38.6 Å². The van der Waals surface area contributed by atoms with Crippen molar-refractivity contribution >= 4 is 29.8 Å². The number of likely N-dealkylation sites (N-methyl/N-ethyl adjacent to an activating group) is 2. The van der Waals surface area contributed by atoms with Crippen LogP contribution in [0.2, 0.25) is 0 Å². The first-order valence-corrected chi connectivity index (χ1v) is 14.8. The van der Waals surface area contributed by atoms with Crippen LogP contribution in [0, 0.1) is 0 Å². The summed E-state index contributed by atoms with van der Waals surface area (Å²) in [5.41, 5.74) is 4.32. The van der Waals surface area contributed by atoms with Crippen LogP contribution in [0.1, 0.15) is 49.1 Å². The minimum atomic E-state index is -1.30. The number of carboxylic acids is 1. The number of likely N-dealkylation sites (tertiary alicyclic amines) is 1. The van der Waals surface area contributed by atoms with E-state index < -0.39 is 54.9 Å². The second kappa shape index (κ2) is 14.7. The van der Waals surface area contributed by atoms with E-state index in [2.05, 4.69) is 6.58 Å². The summed E-state index contributed by atoms with van der Waals surface area (Å²) >= 11 is 0. The molecule has 44 heavy (non-hydrogen) atoms. The summed E-state index contributed by atoms with van der Waals surface area (Å²) in [6, 6.07) is 13.7. The fourth-order valence-corrected chi connectivity index (χ4v) is 5.95. The number of carboxylic acid groups (broad SMARTS) is 1. The SMILES string of the molecule is C=CCOC(=O)C[C@@H](C(=O)N(C)CC(=O)O)N1CCCCC[C@H](N(C)C(=O)OCC2c3ccccc3-c3ccccc32)C1=O. The average molecular weight is 606 g/mol. The first-order valence-electron chi connectivity index (χ1n) is 14.8. The van der Waals surface area contributed by atoms with E-state index in [9.17, 15) is 29.1 Å². The highest BCUT2D eigenvalue weighted by atomic mass is 16.6. The van der Waals surface area contributed by atoms with Gasteiger partial charge in [0.15, 0.2) is 0 Å². The zero-order valence-electron chi connectivity index (χ0n) is 25.1. The average Bonchev–Trinajstić information content (AvgIpc) is 3.32. The summed E-state index contributed by atoms with van der Waals surface area (Å²) in [5.74, 6) is -3.35. The van der Waals surface area contributed by atoms with E-state index in [0.717, 1.165) is 33.6 Å². The molecular formula is C33H39N3O8. The van der Waals surface area contributed by atoms with Crippen LogP contribution in [0.25, 0.3) is 11.1 Å². The Labute approximate surface area is 257 Å². The van der Waals surface area contributed by atoms with Gasteiger partial charge in [-0.3, -0.25) is 24.1 Å². The lowest BCUT2D eigenvalue weighted by atomic mass is 9.98. The standard InChI is InChI=1S/C33H39N3O8/c1-4-18-43-30(39)19-28(31(40)34(2)20-29(37)38)36-17-11-5-6-16-27(32(36)41)35(3)33(42)44-21-26-24-14-9-7-12-22(24)23-13-8-10-15-25(23)26/h4,7-10,12-15,26-28H,1,5-6,11,16-21H2,2-3H3,(H,37,38)/t27-,28-/m0/s1. The summed E-state index contributed by atoms with van der Waals surface area (Å²) in [6.45, 7) is 3.06. The van der Waals surface area contributed by atoms with Gasteiger partial charge in [0.05, 0.1) is 6.42 Å². The fourth-order valence-electron chi connectivity index (χ4n) is 5.95. The molecule has 1 aliphatic heterocycles. The molecule has 3 amide bonds. The maximum atomic E-state index is 14.0. The van der Waals surface area contributed by atoms with Gasteiger partial charge in [-0.15, -0.1) is 0 Å². The number of carbonyl (C=O) groups is 5. The predicted octanol–water partition coefficient (Wildman–Crippen LogP) is 3.67. The molecule has 11 nitrogen and oxygen atoms in total. The van der Waals surface area contributed by atoms with E-state index in [1.165, 1.54) is 30.0 Å². The Kier molecular flexibility index (Phi) is 10.8. The first kappa shape index (κ1) is 32.2. The Morgan fingerprint density at radius 1 is 1.00 bits per heavy atom. The number of aliphatic carboxylic acids is 1. The fraction of sp³-hybridized carbons (Fsp3) is 0.424. The van der Waals surface area contributed by atoms with Gasteiger partial charge in [-0.2, -0.15) is 0 Å². The molecule has 1 saturated heterocycles. The molecule has 0 radical (unpaired) electrons. The number of amides is 3. The van der Waals surface area contributed by atoms with Gasteiger partial charge in [0, 0.05) is 26.6 Å². The van der Waals surface area contributed by atoms with Gasteiger partial charge in [0.1, 0.15) is 31.8 Å². The lowest BCUT2D eigenvalue weighted by molar-refractivity contribution is -0.155. The van der Waals surface area contributed by atoms with Crippen molar-refractivity contribution in [2.24, 2.45) is 0 Å². The first-order chi connectivity index (χ1) is 21.1. The maximum absolute atomic E-state index is 14.0. The molecule has 0 spiro atoms. The highest BCUT2D eigenvalue weighted by molar-refractivity contribution is 5.94. The van der Waals surface area contributed by atoms with Crippen LogP contribution in [0.3, 0.4) is 0 Å². The van der Waals surface area contributed by atoms with Crippen LogP contribution in [0.5, 0.6) is 0 Å². The lowest BCUT2D eigenvalue weighted by Gasteiger charge is -2.38. The number of carbonyl (C=O) groups excluding carboxylic acids is 4. The number of hydrogen-bond acceptors (Lipinski definition) is 7. The molecule has 4 rings (SSSR count). The molecule has 2 aromatic rings. The second-order valence-corrected chi connectivity index (χ2v) is 11.1. The second-order valence-electron chi connectivity index (χ2n) is 11.1. The van der Waals surface area contributed by atoms with Crippen LogP contribution in [0.4, 0.5) is 4.79 Å². The maximum Gasteiger partial charge on any atom is 0.410 e. The lowest BCUT2D eigenvalue weighted by Crippen LogP contribution is -2.58. The van der Waals surface area contributed by atoms with E-state index in [0.29, 0.717) is 19.3 Å². The molecule has 0 unspecified atom stereocenters. The number of hydrogen-bond donors (Lipinski definition) is 1. The molecule has 0 aromatic heterocycles. The van der Waals surface area contributed by atoms with Crippen molar-refractivity contribution in [1.29, 1.82) is 0 Å². The number of fused-ring (bicyclic) bond motifs is 3. The molecular weight excluding hydrogens is 566 g/mol. The van der Waals surface area contributed by atoms with Gasteiger partial charge in [0.2, 0.25) is 11.8 Å². The molecule has 1 fully saturated rings. The van der Waals surface area contributed by atoms with Gasteiger partial charge in [-0.1, -0.05) is 74.0 Å². The smallest absolute Gasteiger partial charge is 0.410 e. The van der Waals surface area contributed by atoms with Crippen molar-refractivity contribution in [3.05, 3.63) is 72.3 Å². The Morgan fingerprint density at radius 2 is 1.64 bits per heavy atom. The minimum Gasteiger partial charge on any atom is -0.480 e. The summed E-state index contributed by atoms with van der Waals surface area (Å²) in [6.07, 6.45) is 2.54. The van der Waals surface area contributed by atoms with Crippen LogP contribution >= 0.6 is 0 Å². The third kappa shape index (κ3) is 7.27. The largest absolute Gasteiger partial charge is 0.480 e. The van der Waals surface area contributed by atoms with Crippen molar-refractivity contribution in [3.8, 4) is 11.1 Å². The Balaban J connectivity index is 1.52. The predicted molar refractivity (Wildman–Crippen MR) is 162 cm³/mol. The van der Waals surface area contributed by atoms with E-state index in [1.807, 2.05) is 48.5 Å². The topological polar surface area (TPSA) is 134 Å². The van der Waals surface area contributed by atoms with Crippen molar-refractivity contribution in [2.45, 2.75) is 50.1 Å². The number of ether oxygens (including phenoxy) is 2. The highest BCUT2D eigenvalue weighted by Crippen LogP contribution is 2.44. The molecule has 1 aliphatic carbocycles. The Hall–Kier alpha value is -4.67. The summed E-state index contributed by atoms with van der Waals surface area (Å²) < 4.78 is 10.9. The molecule has 1 heterocycles. The third-order valence-corrected chi connectivity index (χ3v) is 8.17. The number of rotatable bonds is 11.